The number of amides is 1. The summed E-state index contributed by atoms with van der Waals surface area (Å²) in [4.78, 5) is 13.1. The van der Waals surface area contributed by atoms with Crippen molar-refractivity contribution in [3.8, 4) is 5.75 Å². The van der Waals surface area contributed by atoms with Crippen LogP contribution in [0.15, 0.2) is 65.8 Å². The molecule has 0 bridgehead atoms. The molecule has 1 amide bonds. The lowest BCUT2D eigenvalue weighted by Crippen LogP contribution is -2.45. The number of carbonyl (C=O) groups is 1. The Bertz CT molecular complexity index is 908. The molecule has 0 spiro atoms. The Kier molecular flexibility index (Phi) is 4.99. The normalized spacial score (nSPS) is 21.6. The van der Waals surface area contributed by atoms with Gasteiger partial charge in [0, 0.05) is 5.92 Å². The molecule has 0 fully saturated rings. The third kappa shape index (κ3) is 3.37. The quantitative estimate of drug-likeness (QED) is 0.695. The molecule has 0 radical (unpaired) electrons. The first kappa shape index (κ1) is 17.8. The monoisotopic (exact) mass is 380 g/mol. The Morgan fingerprint density at radius 3 is 2.56 bits per heavy atom. The van der Waals surface area contributed by atoms with Crippen LogP contribution in [-0.4, -0.2) is 18.2 Å². The van der Waals surface area contributed by atoms with Gasteiger partial charge in [-0.2, -0.15) is 5.10 Å². The van der Waals surface area contributed by atoms with Crippen LogP contribution >= 0.6 is 11.6 Å². The molecule has 0 saturated carbocycles. The summed E-state index contributed by atoms with van der Waals surface area (Å²) >= 11 is 6.41. The van der Waals surface area contributed by atoms with Crippen molar-refractivity contribution in [2.45, 2.75) is 19.8 Å². The fourth-order valence-corrected chi connectivity index (χ4v) is 3.97. The maximum atomic E-state index is 13.1. The van der Waals surface area contributed by atoms with E-state index in [0.717, 1.165) is 29.8 Å². The number of allylic oxidation sites excluding steroid dienone is 2. The second kappa shape index (κ2) is 7.57. The molecule has 138 valence electrons. The van der Waals surface area contributed by atoms with Crippen LogP contribution in [0.2, 0.25) is 5.02 Å². The molecular weight excluding hydrogens is 360 g/mol. The predicted molar refractivity (Wildman–Crippen MR) is 108 cm³/mol. The van der Waals surface area contributed by atoms with Gasteiger partial charge >= 0.3 is 0 Å². The van der Waals surface area contributed by atoms with Crippen LogP contribution in [0.3, 0.4) is 0 Å². The summed E-state index contributed by atoms with van der Waals surface area (Å²) in [5.74, 6) is 0.677. The van der Waals surface area contributed by atoms with E-state index >= 15 is 0 Å². The van der Waals surface area contributed by atoms with Crippen LogP contribution in [0.25, 0.3) is 0 Å². The number of hydrazone groups is 1. The molecule has 2 aliphatic rings. The van der Waals surface area contributed by atoms with Crippen LogP contribution in [-0.2, 0) is 4.79 Å². The zero-order valence-electron chi connectivity index (χ0n) is 15.1. The zero-order chi connectivity index (χ0) is 18.8. The van der Waals surface area contributed by atoms with Gasteiger partial charge in [0.1, 0.15) is 5.75 Å². The number of para-hydroxylation sites is 1. The summed E-state index contributed by atoms with van der Waals surface area (Å²) in [7, 11) is 0. The van der Waals surface area contributed by atoms with Crippen molar-refractivity contribution in [2.24, 2.45) is 16.9 Å². The van der Waals surface area contributed by atoms with Gasteiger partial charge in [-0.05, 0) is 55.7 Å². The van der Waals surface area contributed by atoms with Gasteiger partial charge in [-0.3, -0.25) is 4.79 Å². The molecule has 5 heteroatoms. The number of nitrogens with zero attached hydrogens (tertiary/aromatic N) is 2. The summed E-state index contributed by atoms with van der Waals surface area (Å²) < 4.78 is 5.55. The molecule has 2 atom stereocenters. The topological polar surface area (TPSA) is 41.9 Å². The highest BCUT2D eigenvalue weighted by molar-refractivity contribution is 6.32. The Balaban J connectivity index is 1.79. The molecule has 2 aromatic rings. The maximum Gasteiger partial charge on any atom is 0.251 e. The number of halogens is 1. The molecule has 0 N–H and O–H groups in total. The second-order valence-corrected chi connectivity index (χ2v) is 7.11. The first-order valence-electron chi connectivity index (χ1n) is 9.24. The van der Waals surface area contributed by atoms with Crippen molar-refractivity contribution < 1.29 is 9.53 Å². The van der Waals surface area contributed by atoms with Crippen molar-refractivity contribution in [3.63, 3.8) is 0 Å². The van der Waals surface area contributed by atoms with Crippen LogP contribution in [0.1, 0.15) is 25.3 Å². The van der Waals surface area contributed by atoms with E-state index in [2.05, 4.69) is 12.2 Å². The van der Waals surface area contributed by atoms with E-state index in [1.165, 1.54) is 0 Å². The minimum absolute atomic E-state index is 0.0522. The number of carbonyl (C=O) groups excluding carboxylic acids is 1. The van der Waals surface area contributed by atoms with E-state index in [0.29, 0.717) is 17.4 Å². The van der Waals surface area contributed by atoms with Crippen LogP contribution in [0.4, 0.5) is 5.69 Å². The lowest BCUT2D eigenvalue weighted by molar-refractivity contribution is -0.123. The van der Waals surface area contributed by atoms with Gasteiger partial charge < -0.3 is 4.74 Å². The molecule has 1 aliphatic heterocycles. The molecule has 27 heavy (non-hydrogen) atoms. The highest BCUT2D eigenvalue weighted by atomic mass is 35.5. The van der Waals surface area contributed by atoms with E-state index in [1.807, 2.05) is 55.5 Å². The van der Waals surface area contributed by atoms with E-state index in [9.17, 15) is 4.79 Å². The average Bonchev–Trinajstić information content (AvgIpc) is 2.71. The predicted octanol–water partition coefficient (Wildman–Crippen LogP) is 5.07. The smallest absolute Gasteiger partial charge is 0.251 e. The minimum atomic E-state index is -0.104. The number of hydrogen-bond acceptors (Lipinski definition) is 3. The van der Waals surface area contributed by atoms with Gasteiger partial charge in [0.25, 0.3) is 5.91 Å². The van der Waals surface area contributed by atoms with Crippen molar-refractivity contribution in [2.75, 3.05) is 11.6 Å². The summed E-state index contributed by atoms with van der Waals surface area (Å²) in [6, 6.07) is 15.3. The Labute approximate surface area is 164 Å². The van der Waals surface area contributed by atoms with Gasteiger partial charge in [0.15, 0.2) is 0 Å². The molecule has 0 unspecified atom stereocenters. The number of ether oxygens (including phenoxy) is 1. The number of benzene rings is 2. The zero-order valence-corrected chi connectivity index (χ0v) is 15.9. The van der Waals surface area contributed by atoms with Gasteiger partial charge in [-0.15, -0.1) is 0 Å². The van der Waals surface area contributed by atoms with Gasteiger partial charge in [-0.1, -0.05) is 42.0 Å². The summed E-state index contributed by atoms with van der Waals surface area (Å²) in [5, 5.41) is 6.87. The van der Waals surface area contributed by atoms with Crippen molar-refractivity contribution >= 4 is 28.9 Å². The maximum absolute atomic E-state index is 13.1. The summed E-state index contributed by atoms with van der Waals surface area (Å²) in [6.07, 6.45) is 5.77. The molecule has 1 heterocycles. The Hall–Kier alpha value is -2.59. The van der Waals surface area contributed by atoms with Crippen molar-refractivity contribution in [3.05, 3.63) is 71.3 Å². The van der Waals surface area contributed by atoms with E-state index in [4.69, 9.17) is 21.4 Å². The minimum Gasteiger partial charge on any atom is -0.492 e. The third-order valence-corrected chi connectivity index (χ3v) is 5.34. The number of hydrogen-bond donors (Lipinski definition) is 0. The van der Waals surface area contributed by atoms with E-state index in [1.54, 1.807) is 5.01 Å². The lowest BCUT2D eigenvalue weighted by atomic mass is 9.76. The molecule has 0 saturated heterocycles. The third-order valence-electron chi connectivity index (χ3n) is 5.05. The number of fused-ring (bicyclic) bond motifs is 1. The molecule has 4 nitrogen and oxygen atoms in total. The molecule has 1 aliphatic carbocycles. The molecular formula is C22H21ClN2O2. The highest BCUT2D eigenvalue weighted by Crippen LogP contribution is 2.37. The standard InChI is InChI=1S/C22H21ClN2O2/c1-2-27-20-13-12-15(14-19(20)23)21-17-10-6-7-11-18(17)22(26)25(24-21)16-8-4-3-5-9-16/h3-9,12-14,17-18H,2,10-11H2,1H3/t17-,18+/m1/s1. The van der Waals surface area contributed by atoms with E-state index < -0.39 is 0 Å². The first-order valence-corrected chi connectivity index (χ1v) is 9.62. The van der Waals surface area contributed by atoms with Gasteiger partial charge in [0.05, 0.1) is 28.9 Å². The summed E-state index contributed by atoms with van der Waals surface area (Å²) in [6.45, 7) is 2.49. The molecule has 2 aromatic carbocycles. The lowest BCUT2D eigenvalue weighted by Gasteiger charge is -2.37. The van der Waals surface area contributed by atoms with E-state index in [-0.39, 0.29) is 17.7 Å². The fourth-order valence-electron chi connectivity index (χ4n) is 3.74. The highest BCUT2D eigenvalue weighted by Gasteiger charge is 2.40. The molecule has 4 rings (SSSR count). The second-order valence-electron chi connectivity index (χ2n) is 6.70. The largest absolute Gasteiger partial charge is 0.492 e. The summed E-state index contributed by atoms with van der Waals surface area (Å²) in [5.41, 5.74) is 2.62. The van der Waals surface area contributed by atoms with Gasteiger partial charge in [0.2, 0.25) is 0 Å². The fraction of sp³-hybridized carbons (Fsp3) is 0.273. The number of anilines is 1. The average molecular weight is 381 g/mol. The SMILES string of the molecule is CCOc1ccc(C2=NN(c3ccccc3)C(=O)[C@H]3CC=CC[C@@H]23)cc1Cl. The van der Waals surface area contributed by atoms with Crippen molar-refractivity contribution in [1.82, 2.24) is 0 Å². The first-order chi connectivity index (χ1) is 13.2. The van der Waals surface area contributed by atoms with Crippen LogP contribution in [0, 0.1) is 11.8 Å². The van der Waals surface area contributed by atoms with Crippen LogP contribution < -0.4 is 9.75 Å². The Morgan fingerprint density at radius 2 is 1.85 bits per heavy atom. The number of rotatable bonds is 4. The molecule has 0 aromatic heterocycles. The van der Waals surface area contributed by atoms with Gasteiger partial charge in [-0.25, -0.2) is 5.01 Å². The van der Waals surface area contributed by atoms with Crippen molar-refractivity contribution in [1.29, 1.82) is 0 Å². The Morgan fingerprint density at radius 1 is 1.11 bits per heavy atom. The van der Waals surface area contributed by atoms with Crippen LogP contribution in [0.5, 0.6) is 5.75 Å².